The van der Waals surface area contributed by atoms with Gasteiger partial charge in [0.05, 0.1) is 0 Å². The van der Waals surface area contributed by atoms with Crippen LogP contribution < -0.4 is 4.74 Å². The Kier molecular flexibility index (Phi) is 3.99. The van der Waals surface area contributed by atoms with Gasteiger partial charge in [-0.1, -0.05) is 19.0 Å². The number of pyridine rings is 1. The molecule has 8 heteroatoms. The van der Waals surface area contributed by atoms with Crippen molar-refractivity contribution in [2.75, 3.05) is 6.61 Å². The maximum absolute atomic E-state index is 12.4. The minimum absolute atomic E-state index is 0.0826. The van der Waals surface area contributed by atoms with E-state index in [1.807, 2.05) is 13.8 Å². The topological polar surface area (TPSA) is 61.0 Å². The van der Waals surface area contributed by atoms with Gasteiger partial charge >= 0.3 is 6.18 Å². The molecular formula is C15H16F3N3O2. The molecule has 0 saturated heterocycles. The highest BCUT2D eigenvalue weighted by Crippen LogP contribution is 2.45. The van der Waals surface area contributed by atoms with Crippen molar-refractivity contribution in [1.82, 2.24) is 15.1 Å². The molecule has 2 heterocycles. The molecule has 0 spiro atoms. The Morgan fingerprint density at radius 3 is 2.65 bits per heavy atom. The summed E-state index contributed by atoms with van der Waals surface area (Å²) in [5.74, 6) is 1.17. The number of aromatic nitrogens is 3. The third kappa shape index (κ3) is 3.80. The van der Waals surface area contributed by atoms with Crippen LogP contribution in [0.15, 0.2) is 16.8 Å². The number of alkyl halides is 3. The molecule has 0 bridgehead atoms. The predicted molar refractivity (Wildman–Crippen MR) is 75.1 cm³/mol. The summed E-state index contributed by atoms with van der Waals surface area (Å²) in [5, 5.41) is 3.83. The zero-order chi connectivity index (χ0) is 16.6. The predicted octanol–water partition coefficient (Wildman–Crippen LogP) is 4.07. The van der Waals surface area contributed by atoms with Crippen molar-refractivity contribution in [2.24, 2.45) is 0 Å². The summed E-state index contributed by atoms with van der Waals surface area (Å²) in [4.78, 5) is 8.43. The fourth-order valence-corrected chi connectivity index (χ4v) is 2.12. The van der Waals surface area contributed by atoms with E-state index in [1.165, 1.54) is 12.3 Å². The number of hydrogen-bond acceptors (Lipinski definition) is 5. The van der Waals surface area contributed by atoms with Crippen LogP contribution >= 0.6 is 0 Å². The molecule has 124 valence electrons. The summed E-state index contributed by atoms with van der Waals surface area (Å²) >= 11 is 0. The van der Waals surface area contributed by atoms with E-state index in [-0.39, 0.29) is 23.5 Å². The highest BCUT2D eigenvalue weighted by atomic mass is 19.4. The van der Waals surface area contributed by atoms with Crippen LogP contribution in [0.5, 0.6) is 5.75 Å². The van der Waals surface area contributed by atoms with Gasteiger partial charge in [-0.25, -0.2) is 0 Å². The zero-order valence-electron chi connectivity index (χ0n) is 12.7. The van der Waals surface area contributed by atoms with Crippen LogP contribution in [-0.4, -0.2) is 27.9 Å². The SMILES string of the molecule is CC(C)c1noc(-c2cc(OCC(F)(F)F)c(C3CC3)cn2)n1. The lowest BCUT2D eigenvalue weighted by atomic mass is 10.1. The van der Waals surface area contributed by atoms with Crippen LogP contribution in [0.25, 0.3) is 11.6 Å². The van der Waals surface area contributed by atoms with E-state index in [0.29, 0.717) is 17.1 Å². The summed E-state index contributed by atoms with van der Waals surface area (Å²) in [5.41, 5.74) is 1.01. The second-order valence-electron chi connectivity index (χ2n) is 5.90. The van der Waals surface area contributed by atoms with Gasteiger partial charge in [-0.2, -0.15) is 18.2 Å². The van der Waals surface area contributed by atoms with Gasteiger partial charge in [0.1, 0.15) is 11.4 Å². The largest absolute Gasteiger partial charge is 0.484 e. The second kappa shape index (κ2) is 5.82. The first-order chi connectivity index (χ1) is 10.8. The average molecular weight is 327 g/mol. The van der Waals surface area contributed by atoms with E-state index >= 15 is 0 Å². The van der Waals surface area contributed by atoms with Crippen molar-refractivity contribution in [1.29, 1.82) is 0 Å². The summed E-state index contributed by atoms with van der Waals surface area (Å²) in [6.07, 6.45) is -0.986. The van der Waals surface area contributed by atoms with Gasteiger partial charge in [-0.3, -0.25) is 4.98 Å². The maximum atomic E-state index is 12.4. The third-order valence-electron chi connectivity index (χ3n) is 3.48. The lowest BCUT2D eigenvalue weighted by molar-refractivity contribution is -0.153. The Balaban J connectivity index is 1.89. The molecule has 2 aromatic heterocycles. The average Bonchev–Trinajstić information content (AvgIpc) is 3.19. The van der Waals surface area contributed by atoms with E-state index in [9.17, 15) is 13.2 Å². The quantitative estimate of drug-likeness (QED) is 0.828. The Morgan fingerprint density at radius 2 is 2.09 bits per heavy atom. The molecule has 5 nitrogen and oxygen atoms in total. The molecule has 23 heavy (non-hydrogen) atoms. The molecule has 0 atom stereocenters. The molecule has 0 amide bonds. The number of rotatable bonds is 5. The summed E-state index contributed by atoms with van der Waals surface area (Å²) in [6.45, 7) is 2.49. The molecule has 3 rings (SSSR count). The van der Waals surface area contributed by atoms with Crippen LogP contribution in [0.3, 0.4) is 0 Å². The first-order valence-corrected chi connectivity index (χ1v) is 7.37. The number of halogens is 3. The van der Waals surface area contributed by atoms with Crippen molar-refractivity contribution in [3.05, 3.63) is 23.7 Å². The van der Waals surface area contributed by atoms with E-state index in [0.717, 1.165) is 12.8 Å². The lowest BCUT2D eigenvalue weighted by Crippen LogP contribution is -2.19. The lowest BCUT2D eigenvalue weighted by Gasteiger charge is -2.13. The van der Waals surface area contributed by atoms with Gasteiger partial charge in [0.2, 0.25) is 0 Å². The van der Waals surface area contributed by atoms with Crippen molar-refractivity contribution >= 4 is 0 Å². The van der Waals surface area contributed by atoms with Crippen molar-refractivity contribution in [3.63, 3.8) is 0 Å². The van der Waals surface area contributed by atoms with Gasteiger partial charge in [0, 0.05) is 23.7 Å². The molecule has 1 aliphatic rings. The van der Waals surface area contributed by atoms with E-state index in [1.54, 1.807) is 0 Å². The first kappa shape index (κ1) is 15.8. The molecule has 0 N–H and O–H groups in total. The second-order valence-corrected chi connectivity index (χ2v) is 5.90. The van der Waals surface area contributed by atoms with Crippen LogP contribution in [0.2, 0.25) is 0 Å². The van der Waals surface area contributed by atoms with Gasteiger partial charge in [0.15, 0.2) is 12.4 Å². The molecule has 1 aliphatic carbocycles. The standard InChI is InChI=1S/C15H16F3N3O2/c1-8(2)13-20-14(23-21-13)11-5-12(22-7-15(16,17)18)10(6-19-11)9-3-4-9/h5-6,8-9H,3-4,7H2,1-2H3. The summed E-state index contributed by atoms with van der Waals surface area (Å²) < 4.78 is 47.4. The zero-order valence-corrected chi connectivity index (χ0v) is 12.7. The van der Waals surface area contributed by atoms with E-state index < -0.39 is 12.8 Å². The van der Waals surface area contributed by atoms with E-state index in [2.05, 4.69) is 15.1 Å². The Bertz CT molecular complexity index is 694. The molecular weight excluding hydrogens is 311 g/mol. The fraction of sp³-hybridized carbons (Fsp3) is 0.533. The number of nitrogens with zero attached hydrogens (tertiary/aromatic N) is 3. The monoisotopic (exact) mass is 327 g/mol. The maximum Gasteiger partial charge on any atom is 0.422 e. The molecule has 0 radical (unpaired) electrons. The highest BCUT2D eigenvalue weighted by Gasteiger charge is 2.32. The van der Waals surface area contributed by atoms with Crippen LogP contribution in [-0.2, 0) is 0 Å². The van der Waals surface area contributed by atoms with Crippen LogP contribution in [0.4, 0.5) is 13.2 Å². The van der Waals surface area contributed by atoms with Crippen LogP contribution in [0.1, 0.15) is 49.9 Å². The molecule has 2 aromatic rings. The summed E-state index contributed by atoms with van der Waals surface area (Å²) in [6, 6.07) is 1.44. The van der Waals surface area contributed by atoms with Gasteiger partial charge in [-0.05, 0) is 18.8 Å². The third-order valence-corrected chi connectivity index (χ3v) is 3.48. The molecule has 0 aliphatic heterocycles. The highest BCUT2D eigenvalue weighted by molar-refractivity contribution is 5.53. The number of ether oxygens (including phenoxy) is 1. The minimum Gasteiger partial charge on any atom is -0.484 e. The first-order valence-electron chi connectivity index (χ1n) is 7.37. The van der Waals surface area contributed by atoms with Gasteiger partial charge in [0.25, 0.3) is 5.89 Å². The van der Waals surface area contributed by atoms with Crippen molar-refractivity contribution in [3.8, 4) is 17.3 Å². The molecule has 0 unspecified atom stereocenters. The smallest absolute Gasteiger partial charge is 0.422 e. The normalized spacial score (nSPS) is 15.2. The molecule has 1 saturated carbocycles. The molecule has 1 fully saturated rings. The summed E-state index contributed by atoms with van der Waals surface area (Å²) in [7, 11) is 0. The van der Waals surface area contributed by atoms with Crippen molar-refractivity contribution in [2.45, 2.75) is 44.7 Å². The number of hydrogen-bond donors (Lipinski definition) is 0. The Hall–Kier alpha value is -2.12. The van der Waals surface area contributed by atoms with Crippen molar-refractivity contribution < 1.29 is 22.4 Å². The van der Waals surface area contributed by atoms with Gasteiger partial charge in [-0.15, -0.1) is 0 Å². The fourth-order valence-electron chi connectivity index (χ4n) is 2.12. The molecule has 0 aromatic carbocycles. The minimum atomic E-state index is -4.39. The van der Waals surface area contributed by atoms with Gasteiger partial charge < -0.3 is 9.26 Å². The Labute approximate surface area is 130 Å². The van der Waals surface area contributed by atoms with Crippen LogP contribution in [0, 0.1) is 0 Å². The van der Waals surface area contributed by atoms with E-state index in [4.69, 9.17) is 9.26 Å². The Morgan fingerprint density at radius 1 is 1.35 bits per heavy atom.